The third kappa shape index (κ3) is 3.05. The Balaban J connectivity index is 2.78. The van der Waals surface area contributed by atoms with Gasteiger partial charge in [0.15, 0.2) is 0 Å². The van der Waals surface area contributed by atoms with Crippen LogP contribution in [0.3, 0.4) is 0 Å². The molecular weight excluding hydrogens is 176 g/mol. The van der Waals surface area contributed by atoms with E-state index in [0.717, 1.165) is 17.6 Å². The van der Waals surface area contributed by atoms with Crippen LogP contribution in [0.4, 0.5) is 0 Å². The lowest BCUT2D eigenvalue weighted by Gasteiger charge is -2.02. The monoisotopic (exact) mass is 190 g/mol. The quantitative estimate of drug-likeness (QED) is 0.539. The Morgan fingerprint density at radius 2 is 2.00 bits per heavy atom. The predicted octanol–water partition coefficient (Wildman–Crippen LogP) is 2.69. The molecule has 0 fully saturated rings. The van der Waals surface area contributed by atoms with Gasteiger partial charge in [-0.1, -0.05) is 12.1 Å². The molecule has 1 rings (SSSR count). The summed E-state index contributed by atoms with van der Waals surface area (Å²) in [6.07, 6.45) is 2.68. The van der Waals surface area contributed by atoms with Gasteiger partial charge in [0.25, 0.3) is 0 Å². The Kier molecular flexibility index (Phi) is 3.92. The third-order valence-electron chi connectivity index (χ3n) is 1.77. The second-order valence-corrected chi connectivity index (χ2v) is 3.01. The van der Waals surface area contributed by atoms with Crippen LogP contribution in [0.2, 0.25) is 0 Å². The maximum atomic E-state index is 10.4. The molecule has 0 spiro atoms. The lowest BCUT2D eigenvalue weighted by Crippen LogP contribution is -1.90. The largest absolute Gasteiger partial charge is 0.494 e. The average molecular weight is 190 g/mol. The van der Waals surface area contributed by atoms with E-state index >= 15 is 0 Å². The number of ether oxygens (including phenoxy) is 1. The zero-order chi connectivity index (χ0) is 10.4. The number of benzene rings is 1. The van der Waals surface area contributed by atoms with Crippen molar-refractivity contribution in [3.05, 3.63) is 35.4 Å². The molecule has 0 saturated heterocycles. The summed E-state index contributed by atoms with van der Waals surface area (Å²) in [6, 6.07) is 7.65. The van der Waals surface area contributed by atoms with Gasteiger partial charge in [0.1, 0.15) is 12.0 Å². The smallest absolute Gasteiger partial charge is 0.145 e. The SMILES string of the molecule is CCOc1ccc(/C=C(\C)C=O)cc1. The summed E-state index contributed by atoms with van der Waals surface area (Å²) >= 11 is 0. The number of aldehydes is 1. The molecule has 0 saturated carbocycles. The molecule has 0 amide bonds. The average Bonchev–Trinajstić information content (AvgIpc) is 2.21. The van der Waals surface area contributed by atoms with Gasteiger partial charge in [-0.2, -0.15) is 0 Å². The van der Waals surface area contributed by atoms with Gasteiger partial charge in [-0.15, -0.1) is 0 Å². The van der Waals surface area contributed by atoms with Crippen LogP contribution in [0.1, 0.15) is 19.4 Å². The van der Waals surface area contributed by atoms with Crippen LogP contribution in [0.5, 0.6) is 5.75 Å². The van der Waals surface area contributed by atoms with Crippen molar-refractivity contribution in [2.75, 3.05) is 6.61 Å². The second kappa shape index (κ2) is 5.22. The van der Waals surface area contributed by atoms with E-state index in [1.807, 2.05) is 37.3 Å². The van der Waals surface area contributed by atoms with E-state index < -0.39 is 0 Å². The van der Waals surface area contributed by atoms with Crippen LogP contribution in [0.25, 0.3) is 6.08 Å². The first-order valence-electron chi connectivity index (χ1n) is 4.62. The van der Waals surface area contributed by atoms with Crippen molar-refractivity contribution in [3.8, 4) is 5.75 Å². The van der Waals surface area contributed by atoms with Gasteiger partial charge in [0, 0.05) is 0 Å². The van der Waals surface area contributed by atoms with Gasteiger partial charge in [-0.05, 0) is 43.2 Å². The van der Waals surface area contributed by atoms with Gasteiger partial charge >= 0.3 is 0 Å². The molecule has 1 aromatic carbocycles. The molecule has 2 nitrogen and oxygen atoms in total. The summed E-state index contributed by atoms with van der Waals surface area (Å²) in [4.78, 5) is 10.4. The van der Waals surface area contributed by atoms with E-state index in [1.54, 1.807) is 6.92 Å². The first-order valence-corrected chi connectivity index (χ1v) is 4.62. The summed E-state index contributed by atoms with van der Waals surface area (Å²) in [5.41, 5.74) is 1.73. The zero-order valence-corrected chi connectivity index (χ0v) is 8.49. The molecular formula is C12H14O2. The van der Waals surface area contributed by atoms with E-state index in [9.17, 15) is 4.79 Å². The molecule has 0 unspecified atom stereocenters. The number of carbonyl (C=O) groups excluding carboxylic acids is 1. The van der Waals surface area contributed by atoms with Gasteiger partial charge in [0.2, 0.25) is 0 Å². The van der Waals surface area contributed by atoms with Gasteiger partial charge < -0.3 is 4.74 Å². The van der Waals surface area contributed by atoms with Crippen molar-refractivity contribution in [3.63, 3.8) is 0 Å². The molecule has 1 aromatic rings. The highest BCUT2D eigenvalue weighted by Gasteiger charge is 1.92. The van der Waals surface area contributed by atoms with Gasteiger partial charge in [0.05, 0.1) is 6.61 Å². The predicted molar refractivity (Wildman–Crippen MR) is 57.3 cm³/mol. The van der Waals surface area contributed by atoms with Crippen molar-refractivity contribution in [2.45, 2.75) is 13.8 Å². The molecule has 2 heteroatoms. The fraction of sp³-hybridized carbons (Fsp3) is 0.250. The first kappa shape index (κ1) is 10.5. The van der Waals surface area contributed by atoms with Crippen molar-refractivity contribution in [1.82, 2.24) is 0 Å². The molecule has 74 valence electrons. The molecule has 14 heavy (non-hydrogen) atoms. The standard InChI is InChI=1S/C12H14O2/c1-3-14-12-6-4-11(5-7-12)8-10(2)9-13/h4-9H,3H2,1-2H3/b10-8+. The third-order valence-corrected chi connectivity index (χ3v) is 1.77. The van der Waals surface area contributed by atoms with Crippen molar-refractivity contribution in [2.24, 2.45) is 0 Å². The van der Waals surface area contributed by atoms with E-state index in [4.69, 9.17) is 4.74 Å². The Labute approximate surface area is 84.2 Å². The van der Waals surface area contributed by atoms with Crippen LogP contribution in [-0.4, -0.2) is 12.9 Å². The molecule has 0 aliphatic carbocycles. The van der Waals surface area contributed by atoms with Crippen molar-refractivity contribution < 1.29 is 9.53 Å². The molecule has 0 aliphatic rings. The van der Waals surface area contributed by atoms with Crippen LogP contribution in [0, 0.1) is 0 Å². The molecule has 0 aromatic heterocycles. The molecule has 0 N–H and O–H groups in total. The van der Waals surface area contributed by atoms with E-state index in [2.05, 4.69) is 0 Å². The summed E-state index contributed by atoms with van der Waals surface area (Å²) in [7, 11) is 0. The Morgan fingerprint density at radius 1 is 1.36 bits per heavy atom. The van der Waals surface area contributed by atoms with E-state index in [0.29, 0.717) is 12.2 Å². The van der Waals surface area contributed by atoms with Crippen LogP contribution >= 0.6 is 0 Å². The lowest BCUT2D eigenvalue weighted by molar-refractivity contribution is -0.104. The molecule has 0 radical (unpaired) electrons. The minimum atomic E-state index is 0.669. The Bertz CT molecular complexity index is 323. The minimum Gasteiger partial charge on any atom is -0.494 e. The summed E-state index contributed by atoms with van der Waals surface area (Å²) in [5.74, 6) is 0.855. The summed E-state index contributed by atoms with van der Waals surface area (Å²) in [6.45, 7) is 4.40. The van der Waals surface area contributed by atoms with Crippen LogP contribution < -0.4 is 4.74 Å². The fourth-order valence-corrected chi connectivity index (χ4v) is 1.12. The van der Waals surface area contributed by atoms with Crippen LogP contribution in [-0.2, 0) is 4.79 Å². The van der Waals surface area contributed by atoms with E-state index in [1.165, 1.54) is 0 Å². The maximum absolute atomic E-state index is 10.4. The summed E-state index contributed by atoms with van der Waals surface area (Å²) < 4.78 is 5.30. The van der Waals surface area contributed by atoms with Crippen molar-refractivity contribution in [1.29, 1.82) is 0 Å². The minimum absolute atomic E-state index is 0.669. The molecule has 0 bridgehead atoms. The maximum Gasteiger partial charge on any atom is 0.145 e. The van der Waals surface area contributed by atoms with Crippen LogP contribution in [0.15, 0.2) is 29.8 Å². The number of rotatable bonds is 4. The van der Waals surface area contributed by atoms with Crippen molar-refractivity contribution >= 4 is 12.4 Å². The fourth-order valence-electron chi connectivity index (χ4n) is 1.12. The Morgan fingerprint density at radius 3 is 2.50 bits per heavy atom. The van der Waals surface area contributed by atoms with Gasteiger partial charge in [-0.25, -0.2) is 0 Å². The highest BCUT2D eigenvalue weighted by atomic mass is 16.5. The van der Waals surface area contributed by atoms with Gasteiger partial charge in [-0.3, -0.25) is 4.79 Å². The zero-order valence-electron chi connectivity index (χ0n) is 8.49. The highest BCUT2D eigenvalue weighted by Crippen LogP contribution is 2.13. The molecule has 0 aliphatic heterocycles. The number of allylic oxidation sites excluding steroid dienone is 1. The lowest BCUT2D eigenvalue weighted by atomic mass is 10.1. The summed E-state index contributed by atoms with van der Waals surface area (Å²) in [5, 5.41) is 0. The molecule has 0 atom stereocenters. The number of hydrogen-bond acceptors (Lipinski definition) is 2. The topological polar surface area (TPSA) is 26.3 Å². The normalized spacial score (nSPS) is 11.1. The Hall–Kier alpha value is -1.57. The molecule has 0 heterocycles. The highest BCUT2D eigenvalue weighted by molar-refractivity contribution is 5.80. The second-order valence-electron chi connectivity index (χ2n) is 3.01. The number of carbonyl (C=O) groups is 1. The first-order chi connectivity index (χ1) is 6.76. The number of hydrogen-bond donors (Lipinski definition) is 0. The van der Waals surface area contributed by atoms with E-state index in [-0.39, 0.29) is 0 Å².